The highest BCUT2D eigenvalue weighted by Gasteiger charge is 2.04. The molecule has 0 aliphatic heterocycles. The number of carbonyl (C=O) groups is 1. The number of urea groups is 1. The highest BCUT2D eigenvalue weighted by Crippen LogP contribution is 2.19. The number of rotatable bonds is 5. The monoisotopic (exact) mass is 288 g/mol. The summed E-state index contributed by atoms with van der Waals surface area (Å²) in [4.78, 5) is 11.5. The molecule has 21 heavy (non-hydrogen) atoms. The Morgan fingerprint density at radius 3 is 2.86 bits per heavy atom. The van der Waals surface area contributed by atoms with Gasteiger partial charge in [-0.05, 0) is 24.1 Å². The molecular formula is C15H20N4O2. The molecule has 0 aliphatic carbocycles. The van der Waals surface area contributed by atoms with Gasteiger partial charge in [0.2, 0.25) is 0 Å². The van der Waals surface area contributed by atoms with Crippen LogP contribution in [0.5, 0.6) is 0 Å². The van der Waals surface area contributed by atoms with E-state index in [1.165, 1.54) is 0 Å². The number of aryl methyl sites for hydroxylation is 1. The molecule has 1 heterocycles. The predicted octanol–water partition coefficient (Wildman–Crippen LogP) is 1.27. The fourth-order valence-electron chi connectivity index (χ4n) is 1.92. The second kappa shape index (κ2) is 6.90. The Balaban J connectivity index is 1.94. The molecule has 0 fully saturated rings. The average molecular weight is 288 g/mol. The van der Waals surface area contributed by atoms with Crippen molar-refractivity contribution in [2.75, 3.05) is 6.54 Å². The summed E-state index contributed by atoms with van der Waals surface area (Å²) in [5, 5.41) is 18.6. The molecule has 0 saturated carbocycles. The minimum absolute atomic E-state index is 0.238. The first-order valence-electron chi connectivity index (χ1n) is 6.82. The van der Waals surface area contributed by atoms with E-state index in [1.807, 2.05) is 43.7 Å². The topological polar surface area (TPSA) is 79.2 Å². The number of nitrogens with one attached hydrogen (secondary N) is 2. The number of amides is 2. The molecule has 0 unspecified atom stereocenters. The summed E-state index contributed by atoms with van der Waals surface area (Å²) >= 11 is 0. The first-order valence-corrected chi connectivity index (χ1v) is 6.82. The summed E-state index contributed by atoms with van der Waals surface area (Å²) in [5.74, 6) is 0. The van der Waals surface area contributed by atoms with Crippen LogP contribution in [0.15, 0.2) is 36.7 Å². The molecule has 0 radical (unpaired) electrons. The SMILES string of the molecule is C[C@@H](O)CNC(=O)NCc1cccc(-c2cnn(C)c2)c1. The van der Waals surface area contributed by atoms with Crippen molar-refractivity contribution in [2.24, 2.45) is 7.05 Å². The van der Waals surface area contributed by atoms with Crippen LogP contribution in [0, 0.1) is 0 Å². The molecule has 6 heteroatoms. The number of aromatic nitrogens is 2. The van der Waals surface area contributed by atoms with Crippen LogP contribution in [0.4, 0.5) is 4.79 Å². The van der Waals surface area contributed by atoms with Gasteiger partial charge in [-0.25, -0.2) is 4.79 Å². The Bertz CT molecular complexity index is 607. The van der Waals surface area contributed by atoms with Crippen molar-refractivity contribution in [3.05, 3.63) is 42.2 Å². The molecule has 0 saturated heterocycles. The van der Waals surface area contributed by atoms with E-state index in [9.17, 15) is 4.79 Å². The third-order valence-corrected chi connectivity index (χ3v) is 2.98. The number of nitrogens with zero attached hydrogens (tertiary/aromatic N) is 2. The third kappa shape index (κ3) is 4.61. The lowest BCUT2D eigenvalue weighted by molar-refractivity contribution is 0.187. The minimum atomic E-state index is -0.551. The van der Waals surface area contributed by atoms with Gasteiger partial charge in [-0.2, -0.15) is 5.10 Å². The molecule has 0 spiro atoms. The second-order valence-corrected chi connectivity index (χ2v) is 5.02. The molecule has 3 N–H and O–H groups in total. The molecule has 1 atom stereocenters. The summed E-state index contributed by atoms with van der Waals surface area (Å²) in [6.45, 7) is 2.29. The van der Waals surface area contributed by atoms with E-state index in [0.29, 0.717) is 6.54 Å². The number of hydrogen-bond acceptors (Lipinski definition) is 3. The summed E-state index contributed by atoms with van der Waals surface area (Å²) in [6.07, 6.45) is 3.20. The maximum absolute atomic E-state index is 11.5. The normalized spacial score (nSPS) is 12.0. The Kier molecular flexibility index (Phi) is 4.94. The first kappa shape index (κ1) is 15.1. The van der Waals surface area contributed by atoms with E-state index in [1.54, 1.807) is 11.6 Å². The van der Waals surface area contributed by atoms with E-state index < -0.39 is 6.10 Å². The van der Waals surface area contributed by atoms with Crippen molar-refractivity contribution in [3.63, 3.8) is 0 Å². The van der Waals surface area contributed by atoms with Crippen LogP contribution in [0.1, 0.15) is 12.5 Å². The van der Waals surface area contributed by atoms with Crippen LogP contribution < -0.4 is 10.6 Å². The van der Waals surface area contributed by atoms with Gasteiger partial charge in [-0.3, -0.25) is 4.68 Å². The maximum atomic E-state index is 11.5. The van der Waals surface area contributed by atoms with E-state index >= 15 is 0 Å². The summed E-state index contributed by atoms with van der Waals surface area (Å²) in [5.41, 5.74) is 3.10. The lowest BCUT2D eigenvalue weighted by Crippen LogP contribution is -2.38. The molecule has 0 bridgehead atoms. The fourth-order valence-corrected chi connectivity index (χ4v) is 1.92. The van der Waals surface area contributed by atoms with Gasteiger partial charge >= 0.3 is 6.03 Å². The molecule has 1 aromatic carbocycles. The lowest BCUT2D eigenvalue weighted by atomic mass is 10.1. The molecule has 112 valence electrons. The Hall–Kier alpha value is -2.34. The van der Waals surface area contributed by atoms with Crippen LogP contribution in [0.25, 0.3) is 11.1 Å². The predicted molar refractivity (Wildman–Crippen MR) is 80.6 cm³/mol. The largest absolute Gasteiger partial charge is 0.392 e. The molecular weight excluding hydrogens is 268 g/mol. The standard InChI is InChI=1S/C15H20N4O2/c1-11(20)7-16-15(21)17-8-12-4-3-5-13(6-12)14-9-18-19(2)10-14/h3-6,9-11,20H,7-8H2,1-2H3,(H2,16,17,21)/t11-/m1/s1. The van der Waals surface area contributed by atoms with Crippen molar-refractivity contribution < 1.29 is 9.90 Å². The van der Waals surface area contributed by atoms with Crippen molar-refractivity contribution in [1.29, 1.82) is 0 Å². The summed E-state index contributed by atoms with van der Waals surface area (Å²) in [6, 6.07) is 7.64. The van der Waals surface area contributed by atoms with Gasteiger partial charge in [0.1, 0.15) is 0 Å². The summed E-state index contributed by atoms with van der Waals surface area (Å²) in [7, 11) is 1.88. The van der Waals surface area contributed by atoms with Gasteiger partial charge in [0.05, 0.1) is 12.3 Å². The zero-order chi connectivity index (χ0) is 15.2. The quantitative estimate of drug-likeness (QED) is 0.775. The van der Waals surface area contributed by atoms with Gasteiger partial charge in [0.15, 0.2) is 0 Å². The van der Waals surface area contributed by atoms with Crippen molar-refractivity contribution in [1.82, 2.24) is 20.4 Å². The smallest absolute Gasteiger partial charge is 0.315 e. The Labute approximate surface area is 123 Å². The molecule has 6 nitrogen and oxygen atoms in total. The van der Waals surface area contributed by atoms with Gasteiger partial charge in [-0.15, -0.1) is 0 Å². The first-order chi connectivity index (χ1) is 10.0. The number of hydrogen-bond donors (Lipinski definition) is 3. The van der Waals surface area contributed by atoms with Gasteiger partial charge in [-0.1, -0.05) is 18.2 Å². The Morgan fingerprint density at radius 1 is 1.38 bits per heavy atom. The number of aliphatic hydroxyl groups excluding tert-OH is 1. The molecule has 2 rings (SSSR count). The minimum Gasteiger partial charge on any atom is -0.392 e. The second-order valence-electron chi connectivity index (χ2n) is 5.02. The number of aliphatic hydroxyl groups is 1. The number of benzene rings is 1. The van der Waals surface area contributed by atoms with Crippen molar-refractivity contribution >= 4 is 6.03 Å². The van der Waals surface area contributed by atoms with Gasteiger partial charge in [0, 0.05) is 31.9 Å². The highest BCUT2D eigenvalue weighted by atomic mass is 16.3. The van der Waals surface area contributed by atoms with E-state index in [0.717, 1.165) is 16.7 Å². The molecule has 2 aromatic rings. The maximum Gasteiger partial charge on any atom is 0.315 e. The Morgan fingerprint density at radius 2 is 2.19 bits per heavy atom. The van der Waals surface area contributed by atoms with Crippen LogP contribution in [0.3, 0.4) is 0 Å². The van der Waals surface area contributed by atoms with Crippen LogP contribution >= 0.6 is 0 Å². The number of carbonyl (C=O) groups excluding carboxylic acids is 1. The van der Waals surface area contributed by atoms with Crippen LogP contribution in [-0.4, -0.2) is 33.6 Å². The zero-order valence-corrected chi connectivity index (χ0v) is 12.2. The van der Waals surface area contributed by atoms with Gasteiger partial charge in [0.25, 0.3) is 0 Å². The molecule has 1 aromatic heterocycles. The third-order valence-electron chi connectivity index (χ3n) is 2.98. The van der Waals surface area contributed by atoms with E-state index in [-0.39, 0.29) is 12.6 Å². The van der Waals surface area contributed by atoms with E-state index in [4.69, 9.17) is 5.11 Å². The van der Waals surface area contributed by atoms with Crippen LogP contribution in [0.2, 0.25) is 0 Å². The fraction of sp³-hybridized carbons (Fsp3) is 0.333. The van der Waals surface area contributed by atoms with Crippen molar-refractivity contribution in [2.45, 2.75) is 19.6 Å². The van der Waals surface area contributed by atoms with Crippen molar-refractivity contribution in [3.8, 4) is 11.1 Å². The molecule has 2 amide bonds. The zero-order valence-electron chi connectivity index (χ0n) is 12.2. The summed E-state index contributed by atoms with van der Waals surface area (Å²) < 4.78 is 1.75. The van der Waals surface area contributed by atoms with Gasteiger partial charge < -0.3 is 15.7 Å². The van der Waals surface area contributed by atoms with Crippen LogP contribution in [-0.2, 0) is 13.6 Å². The lowest BCUT2D eigenvalue weighted by Gasteiger charge is -2.09. The van der Waals surface area contributed by atoms with E-state index in [2.05, 4.69) is 15.7 Å². The average Bonchev–Trinajstić information content (AvgIpc) is 2.90. The molecule has 0 aliphatic rings. The highest BCUT2D eigenvalue weighted by molar-refractivity contribution is 5.74.